The van der Waals surface area contributed by atoms with E-state index in [1.807, 2.05) is 30.3 Å². The highest BCUT2D eigenvalue weighted by molar-refractivity contribution is 6.05. The lowest BCUT2D eigenvalue weighted by Gasteiger charge is -2.34. The van der Waals surface area contributed by atoms with Crippen molar-refractivity contribution in [3.8, 4) is 11.5 Å². The number of hydrogen-bond acceptors (Lipinski definition) is 6. The first-order chi connectivity index (χ1) is 14.1. The molecule has 2 heterocycles. The number of carbonyl (C=O) groups excluding carboxylic acids is 1. The van der Waals surface area contributed by atoms with Crippen molar-refractivity contribution in [2.75, 3.05) is 36.4 Å². The summed E-state index contributed by atoms with van der Waals surface area (Å²) in [5.41, 5.74) is 2.39. The molecule has 8 heteroatoms. The minimum atomic E-state index is -0.197. The van der Waals surface area contributed by atoms with Crippen molar-refractivity contribution in [1.29, 1.82) is 0 Å². The summed E-state index contributed by atoms with van der Waals surface area (Å²) in [6.07, 6.45) is 1.74. The van der Waals surface area contributed by atoms with Gasteiger partial charge in [0.25, 0.3) is 0 Å². The van der Waals surface area contributed by atoms with E-state index in [0.29, 0.717) is 35.5 Å². The molecule has 0 saturated carbocycles. The zero-order valence-electron chi connectivity index (χ0n) is 16.4. The fraction of sp³-hybridized carbons (Fsp3) is 0.190. The third-order valence-electron chi connectivity index (χ3n) is 4.68. The Hall–Kier alpha value is -3.81. The average Bonchev–Trinajstić information content (AvgIpc) is 2.76. The highest BCUT2D eigenvalue weighted by atomic mass is 16.5. The number of fused-ring (bicyclic) bond motifs is 1. The van der Waals surface area contributed by atoms with E-state index in [1.54, 1.807) is 50.6 Å². The number of methoxy groups -OCH3 is 2. The normalized spacial score (nSPS) is 13.1. The van der Waals surface area contributed by atoms with E-state index in [1.165, 1.54) is 4.90 Å². The summed E-state index contributed by atoms with van der Waals surface area (Å²) in [7, 11) is 4.85. The van der Waals surface area contributed by atoms with Gasteiger partial charge >= 0.3 is 6.03 Å². The van der Waals surface area contributed by atoms with E-state index in [4.69, 9.17) is 9.47 Å². The fourth-order valence-corrected chi connectivity index (χ4v) is 3.17. The van der Waals surface area contributed by atoms with Gasteiger partial charge in [-0.25, -0.2) is 9.78 Å². The number of rotatable bonds is 5. The summed E-state index contributed by atoms with van der Waals surface area (Å²) in [5.74, 6) is 2.24. The maximum atomic E-state index is 13.0. The number of aromatic nitrogens is 2. The predicted octanol–water partition coefficient (Wildman–Crippen LogP) is 3.81. The van der Waals surface area contributed by atoms with Gasteiger partial charge in [-0.05, 0) is 12.1 Å². The van der Waals surface area contributed by atoms with Gasteiger partial charge in [-0.15, -0.1) is 0 Å². The first-order valence-electron chi connectivity index (χ1n) is 9.05. The second-order valence-electron chi connectivity index (χ2n) is 6.53. The van der Waals surface area contributed by atoms with Gasteiger partial charge in [0.2, 0.25) is 5.95 Å². The van der Waals surface area contributed by atoms with Gasteiger partial charge in [0, 0.05) is 42.7 Å². The van der Waals surface area contributed by atoms with Crippen LogP contribution in [-0.4, -0.2) is 37.3 Å². The third-order valence-corrected chi connectivity index (χ3v) is 4.68. The number of benzene rings is 2. The second kappa shape index (κ2) is 7.67. The van der Waals surface area contributed by atoms with Crippen LogP contribution in [0.1, 0.15) is 5.56 Å². The number of amides is 2. The van der Waals surface area contributed by atoms with Gasteiger partial charge in [0.1, 0.15) is 17.3 Å². The number of para-hydroxylation sites is 1. The molecule has 148 valence electrons. The molecule has 0 spiro atoms. The van der Waals surface area contributed by atoms with E-state index >= 15 is 0 Å². The molecule has 0 atom stereocenters. The molecule has 0 aliphatic carbocycles. The first-order valence-corrected chi connectivity index (χ1v) is 9.05. The molecule has 1 aromatic heterocycles. The lowest BCUT2D eigenvalue weighted by atomic mass is 10.2. The fourth-order valence-electron chi connectivity index (χ4n) is 3.17. The number of hydrogen-bond donors (Lipinski definition) is 1. The van der Waals surface area contributed by atoms with Crippen molar-refractivity contribution in [3.63, 3.8) is 0 Å². The predicted molar refractivity (Wildman–Crippen MR) is 111 cm³/mol. The van der Waals surface area contributed by atoms with Crippen molar-refractivity contribution in [3.05, 3.63) is 60.3 Å². The molecule has 0 bridgehead atoms. The smallest absolute Gasteiger partial charge is 0.330 e. The van der Waals surface area contributed by atoms with Gasteiger partial charge in [-0.3, -0.25) is 9.80 Å². The summed E-state index contributed by atoms with van der Waals surface area (Å²) in [6, 6.07) is 14.8. The van der Waals surface area contributed by atoms with E-state index in [9.17, 15) is 4.79 Å². The number of carbonyl (C=O) groups is 1. The monoisotopic (exact) mass is 391 g/mol. The maximum absolute atomic E-state index is 13.0. The van der Waals surface area contributed by atoms with Crippen molar-refractivity contribution >= 4 is 29.2 Å². The van der Waals surface area contributed by atoms with Crippen LogP contribution in [0.3, 0.4) is 0 Å². The van der Waals surface area contributed by atoms with Crippen molar-refractivity contribution in [2.45, 2.75) is 6.54 Å². The Morgan fingerprint density at radius 2 is 1.72 bits per heavy atom. The van der Waals surface area contributed by atoms with Crippen molar-refractivity contribution in [1.82, 2.24) is 9.97 Å². The highest BCUT2D eigenvalue weighted by Gasteiger charge is 2.31. The van der Waals surface area contributed by atoms with Gasteiger partial charge in [-0.1, -0.05) is 18.2 Å². The summed E-state index contributed by atoms with van der Waals surface area (Å²) in [5, 5.41) is 3.16. The third kappa shape index (κ3) is 3.64. The number of anilines is 4. The molecular formula is C21H21N5O3. The van der Waals surface area contributed by atoms with E-state index in [0.717, 1.165) is 11.3 Å². The van der Waals surface area contributed by atoms with Crippen LogP contribution in [0.15, 0.2) is 54.7 Å². The Labute approximate surface area is 168 Å². The van der Waals surface area contributed by atoms with Gasteiger partial charge in [-0.2, -0.15) is 4.98 Å². The Morgan fingerprint density at radius 3 is 2.38 bits per heavy atom. The molecule has 0 radical (unpaired) electrons. The van der Waals surface area contributed by atoms with E-state index < -0.39 is 0 Å². The highest BCUT2D eigenvalue weighted by Crippen LogP contribution is 2.34. The number of nitrogens with zero attached hydrogens (tertiary/aromatic N) is 4. The van der Waals surface area contributed by atoms with Crippen LogP contribution in [0.25, 0.3) is 0 Å². The topological polar surface area (TPSA) is 79.8 Å². The molecule has 2 aromatic carbocycles. The molecule has 29 heavy (non-hydrogen) atoms. The van der Waals surface area contributed by atoms with Crippen LogP contribution in [0, 0.1) is 0 Å². The molecule has 8 nitrogen and oxygen atoms in total. The summed E-state index contributed by atoms with van der Waals surface area (Å²) in [6.45, 7) is 0.348. The number of ether oxygens (including phenoxy) is 2. The number of urea groups is 1. The molecule has 1 aliphatic heterocycles. The molecular weight excluding hydrogens is 370 g/mol. The van der Waals surface area contributed by atoms with Crippen LogP contribution in [0.5, 0.6) is 11.5 Å². The molecule has 4 rings (SSSR count). The second-order valence-corrected chi connectivity index (χ2v) is 6.53. The van der Waals surface area contributed by atoms with Crippen LogP contribution in [0.2, 0.25) is 0 Å². The van der Waals surface area contributed by atoms with Crippen LogP contribution in [-0.2, 0) is 6.54 Å². The van der Waals surface area contributed by atoms with Crippen molar-refractivity contribution in [2.24, 2.45) is 0 Å². The molecule has 1 aliphatic rings. The molecule has 2 amide bonds. The minimum Gasteiger partial charge on any atom is -0.497 e. The summed E-state index contributed by atoms with van der Waals surface area (Å²) < 4.78 is 10.7. The summed E-state index contributed by atoms with van der Waals surface area (Å²) in [4.78, 5) is 25.2. The Balaban J connectivity index is 1.65. The minimum absolute atomic E-state index is 0.197. The maximum Gasteiger partial charge on any atom is 0.330 e. The van der Waals surface area contributed by atoms with E-state index in [-0.39, 0.29) is 6.03 Å². The molecule has 3 aromatic rings. The lowest BCUT2D eigenvalue weighted by Crippen LogP contribution is -2.46. The zero-order valence-corrected chi connectivity index (χ0v) is 16.4. The molecule has 0 unspecified atom stereocenters. The van der Waals surface area contributed by atoms with Crippen LogP contribution < -0.4 is 24.6 Å². The summed E-state index contributed by atoms with van der Waals surface area (Å²) >= 11 is 0. The van der Waals surface area contributed by atoms with E-state index in [2.05, 4.69) is 15.3 Å². The Kier molecular flexibility index (Phi) is 4.90. The average molecular weight is 391 g/mol. The Bertz CT molecular complexity index is 1020. The largest absolute Gasteiger partial charge is 0.497 e. The molecule has 1 N–H and O–H groups in total. The van der Waals surface area contributed by atoms with Gasteiger partial charge < -0.3 is 14.8 Å². The molecule has 0 saturated heterocycles. The standard InChI is InChI=1S/C21H21N5O3/c1-25-19-14(12-22-20(24-19)23-15-7-5-4-6-8-15)13-26(21(25)27)16-9-17(28-2)11-18(10-16)29-3/h4-12H,13H2,1-3H3,(H,22,23,24). The van der Waals surface area contributed by atoms with Gasteiger partial charge in [0.15, 0.2) is 0 Å². The number of nitrogens with one attached hydrogen (secondary N) is 1. The van der Waals surface area contributed by atoms with Crippen LogP contribution in [0.4, 0.5) is 27.9 Å². The van der Waals surface area contributed by atoms with Crippen molar-refractivity contribution < 1.29 is 14.3 Å². The van der Waals surface area contributed by atoms with Crippen LogP contribution >= 0.6 is 0 Å². The SMILES string of the molecule is COc1cc(OC)cc(N2Cc3cnc(Nc4ccccc4)nc3N(C)C2=O)c1. The zero-order chi connectivity index (χ0) is 20.4. The Morgan fingerprint density at radius 1 is 1.03 bits per heavy atom. The lowest BCUT2D eigenvalue weighted by molar-refractivity contribution is 0.251. The van der Waals surface area contributed by atoms with Gasteiger partial charge in [0.05, 0.1) is 26.5 Å². The quantitative estimate of drug-likeness (QED) is 0.712. The first kappa shape index (κ1) is 18.5. The molecule has 0 fully saturated rings.